The molecule has 1 unspecified atom stereocenters. The van der Waals surface area contributed by atoms with Crippen LogP contribution in [0.4, 0.5) is 4.79 Å². The molecule has 1 aromatic heterocycles. The molecule has 0 spiro atoms. The van der Waals surface area contributed by atoms with Crippen LogP contribution in [0.1, 0.15) is 50.9 Å². The first kappa shape index (κ1) is 19.0. The van der Waals surface area contributed by atoms with Crippen molar-refractivity contribution < 1.29 is 14.3 Å². The van der Waals surface area contributed by atoms with Crippen molar-refractivity contribution in [3.8, 4) is 6.07 Å². The van der Waals surface area contributed by atoms with Gasteiger partial charge in [0.15, 0.2) is 0 Å². The van der Waals surface area contributed by atoms with E-state index in [0.717, 1.165) is 36.0 Å². The van der Waals surface area contributed by atoms with Crippen molar-refractivity contribution in [3.05, 3.63) is 35.5 Å². The minimum atomic E-state index is -0.583. The van der Waals surface area contributed by atoms with Gasteiger partial charge in [0, 0.05) is 25.5 Å². The molecule has 0 amide bonds. The van der Waals surface area contributed by atoms with Gasteiger partial charge in [0.1, 0.15) is 11.6 Å². The fourth-order valence-electron chi connectivity index (χ4n) is 4.67. The SMILES string of the molecule is CO[C@H]1CC(C#N)N2CCc3c(n(C(=O)OC(C)(C)C)c4ccccc34)[C@@H]2C1. The molecule has 6 heteroatoms. The van der Waals surface area contributed by atoms with E-state index in [1.54, 1.807) is 11.7 Å². The summed E-state index contributed by atoms with van der Waals surface area (Å²) < 4.78 is 13.1. The number of hydrogen-bond acceptors (Lipinski definition) is 5. The lowest BCUT2D eigenvalue weighted by Gasteiger charge is -2.45. The Kier molecular flexibility index (Phi) is 4.68. The van der Waals surface area contributed by atoms with Gasteiger partial charge >= 0.3 is 6.09 Å². The molecular formula is C22H27N3O3. The molecule has 0 saturated carbocycles. The number of rotatable bonds is 1. The fraction of sp³-hybridized carbons (Fsp3) is 0.545. The number of fused-ring (bicyclic) bond motifs is 5. The van der Waals surface area contributed by atoms with Crippen molar-refractivity contribution in [1.82, 2.24) is 9.47 Å². The van der Waals surface area contributed by atoms with E-state index < -0.39 is 5.60 Å². The third-order valence-electron chi connectivity index (χ3n) is 5.79. The smallest absolute Gasteiger partial charge is 0.419 e. The Hall–Kier alpha value is -2.36. The average molecular weight is 381 g/mol. The Bertz CT molecular complexity index is 950. The van der Waals surface area contributed by atoms with E-state index in [-0.39, 0.29) is 24.3 Å². The maximum Gasteiger partial charge on any atom is 0.419 e. The van der Waals surface area contributed by atoms with E-state index in [1.807, 2.05) is 39.0 Å². The van der Waals surface area contributed by atoms with E-state index in [4.69, 9.17) is 9.47 Å². The number of aromatic nitrogens is 1. The summed E-state index contributed by atoms with van der Waals surface area (Å²) >= 11 is 0. The van der Waals surface area contributed by atoms with Crippen molar-refractivity contribution in [3.63, 3.8) is 0 Å². The summed E-state index contributed by atoms with van der Waals surface area (Å²) in [4.78, 5) is 15.4. The summed E-state index contributed by atoms with van der Waals surface area (Å²) in [5, 5.41) is 10.8. The van der Waals surface area contributed by atoms with Crippen molar-refractivity contribution in [1.29, 1.82) is 5.26 Å². The molecular weight excluding hydrogens is 354 g/mol. The van der Waals surface area contributed by atoms with E-state index in [1.165, 1.54) is 5.56 Å². The highest BCUT2D eigenvalue weighted by atomic mass is 16.6. The van der Waals surface area contributed by atoms with Crippen molar-refractivity contribution in [2.75, 3.05) is 13.7 Å². The van der Waals surface area contributed by atoms with Gasteiger partial charge in [0.05, 0.1) is 29.4 Å². The molecule has 2 aromatic rings. The predicted molar refractivity (Wildman–Crippen MR) is 106 cm³/mol. The van der Waals surface area contributed by atoms with Crippen LogP contribution < -0.4 is 0 Å². The van der Waals surface area contributed by atoms with Crippen LogP contribution >= 0.6 is 0 Å². The Morgan fingerprint density at radius 3 is 2.68 bits per heavy atom. The lowest BCUT2D eigenvalue weighted by molar-refractivity contribution is -0.0143. The number of hydrogen-bond donors (Lipinski definition) is 0. The lowest BCUT2D eigenvalue weighted by atomic mass is 9.86. The largest absolute Gasteiger partial charge is 0.443 e. The highest BCUT2D eigenvalue weighted by Gasteiger charge is 2.43. The summed E-state index contributed by atoms with van der Waals surface area (Å²) in [6.45, 7) is 6.45. The second-order valence-electron chi connectivity index (χ2n) is 8.67. The van der Waals surface area contributed by atoms with Crippen LogP contribution in [0.2, 0.25) is 0 Å². The molecule has 4 rings (SSSR count). The second-order valence-corrected chi connectivity index (χ2v) is 8.67. The zero-order valence-corrected chi connectivity index (χ0v) is 16.9. The number of piperidine rings is 1. The Labute approximate surface area is 165 Å². The molecule has 28 heavy (non-hydrogen) atoms. The maximum absolute atomic E-state index is 13.2. The molecule has 0 radical (unpaired) electrons. The highest BCUT2D eigenvalue weighted by Crippen LogP contribution is 2.44. The van der Waals surface area contributed by atoms with Crippen LogP contribution in [0.5, 0.6) is 0 Å². The van der Waals surface area contributed by atoms with E-state index in [2.05, 4.69) is 17.0 Å². The number of nitriles is 1. The molecule has 1 saturated heterocycles. The van der Waals surface area contributed by atoms with Gasteiger partial charge in [-0.25, -0.2) is 9.36 Å². The first-order valence-corrected chi connectivity index (χ1v) is 9.87. The number of ether oxygens (including phenoxy) is 2. The van der Waals surface area contributed by atoms with Crippen LogP contribution in [0.3, 0.4) is 0 Å². The summed E-state index contributed by atoms with van der Waals surface area (Å²) in [5.74, 6) is 0. The molecule has 0 N–H and O–H groups in total. The van der Waals surface area contributed by atoms with Gasteiger partial charge < -0.3 is 9.47 Å². The third kappa shape index (κ3) is 3.09. The lowest BCUT2D eigenvalue weighted by Crippen LogP contribution is -2.50. The summed E-state index contributed by atoms with van der Waals surface area (Å²) in [7, 11) is 1.70. The van der Waals surface area contributed by atoms with Crippen LogP contribution in [-0.2, 0) is 15.9 Å². The number of nitrogens with zero attached hydrogens (tertiary/aromatic N) is 3. The van der Waals surface area contributed by atoms with E-state index in [9.17, 15) is 10.1 Å². The summed E-state index contributed by atoms with van der Waals surface area (Å²) in [6, 6.07) is 10.2. The van der Waals surface area contributed by atoms with Crippen molar-refractivity contribution >= 4 is 17.0 Å². The summed E-state index contributed by atoms with van der Waals surface area (Å²) in [6.07, 6.45) is 1.92. The van der Waals surface area contributed by atoms with E-state index in [0.29, 0.717) is 6.42 Å². The fourth-order valence-corrected chi connectivity index (χ4v) is 4.67. The van der Waals surface area contributed by atoms with Gasteiger partial charge in [0.25, 0.3) is 0 Å². The highest BCUT2D eigenvalue weighted by molar-refractivity contribution is 5.94. The molecule has 1 aromatic carbocycles. The summed E-state index contributed by atoms with van der Waals surface area (Å²) in [5.41, 5.74) is 2.44. The molecule has 2 aliphatic rings. The number of carbonyl (C=O) groups is 1. The van der Waals surface area contributed by atoms with Crippen LogP contribution in [0, 0.1) is 11.3 Å². The quantitative estimate of drug-likeness (QED) is 0.746. The Balaban J connectivity index is 1.90. The molecule has 148 valence electrons. The van der Waals surface area contributed by atoms with Crippen molar-refractivity contribution in [2.24, 2.45) is 0 Å². The van der Waals surface area contributed by atoms with Crippen molar-refractivity contribution in [2.45, 2.75) is 63.8 Å². The second kappa shape index (κ2) is 6.91. The van der Waals surface area contributed by atoms with Gasteiger partial charge in [-0.05, 0) is 45.2 Å². The molecule has 0 aliphatic carbocycles. The molecule has 3 atom stereocenters. The topological polar surface area (TPSA) is 67.5 Å². The molecule has 3 heterocycles. The van der Waals surface area contributed by atoms with Crippen LogP contribution in [0.15, 0.2) is 24.3 Å². The van der Waals surface area contributed by atoms with Gasteiger partial charge in [-0.15, -0.1) is 0 Å². The normalized spacial score (nSPS) is 25.0. The van der Waals surface area contributed by atoms with Crippen LogP contribution in [-0.4, -0.2) is 47.0 Å². The zero-order valence-electron chi connectivity index (χ0n) is 16.9. The van der Waals surface area contributed by atoms with Gasteiger partial charge in [0.2, 0.25) is 0 Å². The molecule has 2 aliphatic heterocycles. The predicted octanol–water partition coefficient (Wildman–Crippen LogP) is 4.02. The minimum Gasteiger partial charge on any atom is -0.443 e. The molecule has 1 fully saturated rings. The monoisotopic (exact) mass is 381 g/mol. The van der Waals surface area contributed by atoms with Gasteiger partial charge in [-0.1, -0.05) is 18.2 Å². The Morgan fingerprint density at radius 2 is 2.00 bits per heavy atom. The standard InChI is InChI=1S/C22H27N3O3/c1-22(2,3)28-21(26)25-18-8-6-5-7-16(18)17-9-10-24-14(13-23)11-15(27-4)12-19(24)20(17)25/h5-8,14-15,19H,9-12H2,1-4H3/t14?,15-,19-/m0/s1. The zero-order chi connectivity index (χ0) is 20.1. The van der Waals surface area contributed by atoms with E-state index >= 15 is 0 Å². The number of benzene rings is 1. The first-order chi connectivity index (χ1) is 13.3. The average Bonchev–Trinajstić information content (AvgIpc) is 3.00. The molecule has 0 bridgehead atoms. The van der Waals surface area contributed by atoms with Gasteiger partial charge in [-0.3, -0.25) is 4.90 Å². The minimum absolute atomic E-state index is 0.00180. The number of carbonyl (C=O) groups excluding carboxylic acids is 1. The van der Waals surface area contributed by atoms with Gasteiger partial charge in [-0.2, -0.15) is 5.26 Å². The molecule has 6 nitrogen and oxygen atoms in total. The number of methoxy groups -OCH3 is 1. The maximum atomic E-state index is 13.2. The Morgan fingerprint density at radius 1 is 1.25 bits per heavy atom. The number of para-hydroxylation sites is 1. The van der Waals surface area contributed by atoms with Crippen LogP contribution in [0.25, 0.3) is 10.9 Å². The third-order valence-corrected chi connectivity index (χ3v) is 5.79. The first-order valence-electron chi connectivity index (χ1n) is 9.87.